The molecule has 3 nitrogen and oxygen atoms in total. The number of rotatable bonds is 4. The van der Waals surface area contributed by atoms with E-state index in [0.717, 1.165) is 34.3 Å². The molecule has 1 amide bonds. The zero-order valence-corrected chi connectivity index (χ0v) is 15.2. The number of thiophene rings is 1. The molecule has 0 atom stereocenters. The maximum atomic E-state index is 12.0. The van der Waals surface area contributed by atoms with Crippen molar-refractivity contribution in [3.8, 4) is 10.4 Å². The van der Waals surface area contributed by atoms with Crippen LogP contribution in [0.4, 0.5) is 0 Å². The van der Waals surface area contributed by atoms with Crippen LogP contribution in [0.15, 0.2) is 47.8 Å². The lowest BCUT2D eigenvalue weighted by molar-refractivity contribution is 0.100. The summed E-state index contributed by atoms with van der Waals surface area (Å²) >= 11 is 1.73. The molecule has 0 aliphatic heterocycles. The van der Waals surface area contributed by atoms with Crippen LogP contribution in [0.3, 0.4) is 0 Å². The highest BCUT2D eigenvalue weighted by molar-refractivity contribution is 7.13. The Morgan fingerprint density at radius 2 is 2.12 bits per heavy atom. The van der Waals surface area contributed by atoms with Gasteiger partial charge < -0.3 is 10.3 Å². The SMILES string of the molecule is NC(=O)c1cccc2c1c1[c]cc(-c3cccs3)cc1n2CC1CCC1. The topological polar surface area (TPSA) is 48.0 Å². The molecule has 5 rings (SSSR count). The number of benzene rings is 2. The molecule has 1 radical (unpaired) electrons. The summed E-state index contributed by atoms with van der Waals surface area (Å²) in [6.45, 7) is 0.990. The molecule has 129 valence electrons. The van der Waals surface area contributed by atoms with Crippen LogP contribution in [0, 0.1) is 12.0 Å². The molecule has 1 aliphatic carbocycles. The highest BCUT2D eigenvalue weighted by Crippen LogP contribution is 2.37. The third-order valence-corrected chi connectivity index (χ3v) is 6.45. The minimum atomic E-state index is -0.381. The molecule has 2 aromatic heterocycles. The van der Waals surface area contributed by atoms with E-state index in [2.05, 4.69) is 40.3 Å². The van der Waals surface area contributed by atoms with Gasteiger partial charge >= 0.3 is 0 Å². The van der Waals surface area contributed by atoms with E-state index in [1.54, 1.807) is 11.3 Å². The molecule has 4 aromatic rings. The molecule has 0 bridgehead atoms. The van der Waals surface area contributed by atoms with Gasteiger partial charge in [0.2, 0.25) is 5.91 Å². The predicted octanol–water partition coefficient (Wildman–Crippen LogP) is 5.22. The Morgan fingerprint density at radius 1 is 1.23 bits per heavy atom. The zero-order valence-electron chi connectivity index (χ0n) is 14.4. The fourth-order valence-electron chi connectivity index (χ4n) is 3.98. The summed E-state index contributed by atoms with van der Waals surface area (Å²) in [4.78, 5) is 13.2. The normalized spacial score (nSPS) is 14.8. The Labute approximate surface area is 156 Å². The fraction of sp³-hybridized carbons (Fsp3) is 0.227. The standard InChI is InChI=1S/C22H19N2OS/c23-22(25)17-6-2-7-18-21(17)16-10-9-15(20-8-3-11-26-20)12-19(16)24(18)13-14-4-1-5-14/h2-3,6-9,11-12,14H,1,4-5,13H2,(H2,23,25). The van der Waals surface area contributed by atoms with Crippen LogP contribution < -0.4 is 5.73 Å². The number of carbonyl (C=O) groups excluding carboxylic acids is 1. The Kier molecular flexibility index (Phi) is 3.61. The van der Waals surface area contributed by atoms with Gasteiger partial charge in [0.05, 0.1) is 5.52 Å². The Balaban J connectivity index is 1.81. The number of amides is 1. The van der Waals surface area contributed by atoms with Crippen molar-refractivity contribution in [2.24, 2.45) is 11.7 Å². The number of hydrogen-bond donors (Lipinski definition) is 1. The first kappa shape index (κ1) is 15.6. The molecule has 1 saturated carbocycles. The van der Waals surface area contributed by atoms with Crippen LogP contribution in [0.5, 0.6) is 0 Å². The minimum absolute atomic E-state index is 0.381. The second-order valence-electron chi connectivity index (χ2n) is 7.10. The van der Waals surface area contributed by atoms with E-state index in [1.807, 2.05) is 18.2 Å². The van der Waals surface area contributed by atoms with E-state index in [0.29, 0.717) is 5.56 Å². The molecule has 2 N–H and O–H groups in total. The molecule has 2 aromatic carbocycles. The van der Waals surface area contributed by atoms with Crippen LogP contribution in [0.25, 0.3) is 32.2 Å². The van der Waals surface area contributed by atoms with E-state index < -0.39 is 0 Å². The van der Waals surface area contributed by atoms with E-state index in [9.17, 15) is 4.79 Å². The molecule has 2 heterocycles. The maximum Gasteiger partial charge on any atom is 0.249 e. The van der Waals surface area contributed by atoms with Crippen LogP contribution in [0.1, 0.15) is 29.6 Å². The highest BCUT2D eigenvalue weighted by atomic mass is 32.1. The van der Waals surface area contributed by atoms with Gasteiger partial charge in [-0.1, -0.05) is 18.6 Å². The van der Waals surface area contributed by atoms with Crippen LogP contribution in [-0.2, 0) is 6.54 Å². The van der Waals surface area contributed by atoms with Crippen LogP contribution >= 0.6 is 11.3 Å². The van der Waals surface area contributed by atoms with Gasteiger partial charge in [-0.25, -0.2) is 0 Å². The number of primary amides is 1. The van der Waals surface area contributed by atoms with Gasteiger partial charge in [0.25, 0.3) is 0 Å². The van der Waals surface area contributed by atoms with Crippen molar-refractivity contribution in [1.82, 2.24) is 4.57 Å². The van der Waals surface area contributed by atoms with Gasteiger partial charge in [0.15, 0.2) is 0 Å². The number of nitrogens with zero attached hydrogens (tertiary/aromatic N) is 1. The average molecular weight is 359 g/mol. The second-order valence-corrected chi connectivity index (χ2v) is 8.05. The summed E-state index contributed by atoms with van der Waals surface area (Å²) < 4.78 is 2.37. The second kappa shape index (κ2) is 5.99. The van der Waals surface area contributed by atoms with Crippen molar-refractivity contribution in [2.45, 2.75) is 25.8 Å². The van der Waals surface area contributed by atoms with Gasteiger partial charge in [-0.2, -0.15) is 0 Å². The molecular weight excluding hydrogens is 340 g/mol. The van der Waals surface area contributed by atoms with Crippen molar-refractivity contribution in [3.63, 3.8) is 0 Å². The van der Waals surface area contributed by atoms with Gasteiger partial charge in [0, 0.05) is 33.3 Å². The lowest BCUT2D eigenvalue weighted by Gasteiger charge is -2.26. The smallest absolute Gasteiger partial charge is 0.249 e. The monoisotopic (exact) mass is 359 g/mol. The van der Waals surface area contributed by atoms with Gasteiger partial charge in [-0.15, -0.1) is 11.3 Å². The van der Waals surface area contributed by atoms with Crippen LogP contribution in [0.2, 0.25) is 0 Å². The largest absolute Gasteiger partial charge is 0.366 e. The first-order valence-electron chi connectivity index (χ1n) is 9.02. The van der Waals surface area contributed by atoms with E-state index in [4.69, 9.17) is 5.73 Å². The summed E-state index contributed by atoms with van der Waals surface area (Å²) in [5.41, 5.74) is 9.65. The van der Waals surface area contributed by atoms with Gasteiger partial charge in [-0.05, 0) is 66.1 Å². The molecular formula is C22H19N2OS. The third kappa shape index (κ3) is 2.36. The van der Waals surface area contributed by atoms with Crippen LogP contribution in [-0.4, -0.2) is 10.5 Å². The van der Waals surface area contributed by atoms with Crippen molar-refractivity contribution < 1.29 is 4.79 Å². The summed E-state index contributed by atoms with van der Waals surface area (Å²) in [5, 5.41) is 4.02. The number of carbonyl (C=O) groups is 1. The molecule has 4 heteroatoms. The van der Waals surface area contributed by atoms with E-state index in [1.165, 1.54) is 29.7 Å². The average Bonchev–Trinajstić information content (AvgIpc) is 3.24. The maximum absolute atomic E-state index is 12.0. The Morgan fingerprint density at radius 3 is 2.81 bits per heavy atom. The summed E-state index contributed by atoms with van der Waals surface area (Å²) in [5.74, 6) is 0.338. The summed E-state index contributed by atoms with van der Waals surface area (Å²) in [6, 6.07) is 17.8. The zero-order chi connectivity index (χ0) is 17.7. The first-order valence-corrected chi connectivity index (χ1v) is 9.90. The van der Waals surface area contributed by atoms with Crippen molar-refractivity contribution in [3.05, 3.63) is 59.5 Å². The molecule has 26 heavy (non-hydrogen) atoms. The minimum Gasteiger partial charge on any atom is -0.366 e. The van der Waals surface area contributed by atoms with Crippen molar-refractivity contribution >= 4 is 39.0 Å². The molecule has 0 unspecified atom stereocenters. The van der Waals surface area contributed by atoms with E-state index in [-0.39, 0.29) is 5.91 Å². The molecule has 0 spiro atoms. The van der Waals surface area contributed by atoms with Gasteiger partial charge in [-0.3, -0.25) is 4.79 Å². The Hall–Kier alpha value is -2.59. The van der Waals surface area contributed by atoms with Crippen molar-refractivity contribution in [1.29, 1.82) is 0 Å². The number of fused-ring (bicyclic) bond motifs is 3. The predicted molar refractivity (Wildman–Crippen MR) is 107 cm³/mol. The molecule has 1 aliphatic rings. The lowest BCUT2D eigenvalue weighted by atomic mass is 9.85. The Bertz CT molecular complexity index is 1120. The third-order valence-electron chi connectivity index (χ3n) is 5.53. The first-order chi connectivity index (χ1) is 12.7. The van der Waals surface area contributed by atoms with E-state index >= 15 is 0 Å². The summed E-state index contributed by atoms with van der Waals surface area (Å²) in [6.07, 6.45) is 3.89. The highest BCUT2D eigenvalue weighted by Gasteiger charge is 2.22. The van der Waals surface area contributed by atoms with Gasteiger partial charge in [0.1, 0.15) is 0 Å². The molecule has 1 fully saturated rings. The number of nitrogens with two attached hydrogens (primary N) is 1. The number of hydrogen-bond acceptors (Lipinski definition) is 2. The quantitative estimate of drug-likeness (QED) is 0.533. The lowest BCUT2D eigenvalue weighted by Crippen LogP contribution is -2.18. The fourth-order valence-corrected chi connectivity index (χ4v) is 4.69. The number of aromatic nitrogens is 1. The molecule has 0 saturated heterocycles. The summed E-state index contributed by atoms with van der Waals surface area (Å²) in [7, 11) is 0. The van der Waals surface area contributed by atoms with Crippen molar-refractivity contribution in [2.75, 3.05) is 0 Å².